The van der Waals surface area contributed by atoms with Crippen LogP contribution in [0.5, 0.6) is 0 Å². The van der Waals surface area contributed by atoms with E-state index in [1.165, 1.54) is 17.7 Å². The molecule has 2 aromatic carbocycles. The van der Waals surface area contributed by atoms with Crippen LogP contribution in [0, 0.1) is 0 Å². The van der Waals surface area contributed by atoms with E-state index in [1.807, 2.05) is 55.5 Å². The number of H-pyrrole nitrogens is 1. The molecule has 13 nitrogen and oxygen atoms in total. The van der Waals surface area contributed by atoms with Crippen LogP contribution in [0.4, 0.5) is 5.82 Å². The number of thiazole rings is 1. The highest BCUT2D eigenvalue weighted by Crippen LogP contribution is 2.26. The smallest absolute Gasteiger partial charge is 0.294 e. The fourth-order valence-corrected chi connectivity index (χ4v) is 5.51. The van der Waals surface area contributed by atoms with E-state index in [2.05, 4.69) is 35.6 Å². The number of para-hydroxylation sites is 1. The summed E-state index contributed by atoms with van der Waals surface area (Å²) >= 11 is 1.30. The van der Waals surface area contributed by atoms with Crippen molar-refractivity contribution in [2.45, 2.75) is 32.5 Å². The van der Waals surface area contributed by atoms with Crippen molar-refractivity contribution >= 4 is 45.1 Å². The number of amides is 1. The van der Waals surface area contributed by atoms with Gasteiger partial charge in [0.05, 0.1) is 29.0 Å². The average Bonchev–Trinajstić information content (AvgIpc) is 3.70. The lowest BCUT2D eigenvalue weighted by Crippen LogP contribution is -2.29. The van der Waals surface area contributed by atoms with E-state index >= 15 is 0 Å². The maximum Gasteiger partial charge on any atom is 0.294 e. The minimum absolute atomic E-state index is 0.140. The van der Waals surface area contributed by atoms with Crippen LogP contribution in [-0.4, -0.2) is 45.6 Å². The molecule has 1 amide bonds. The zero-order valence-electron chi connectivity index (χ0n) is 22.4. The molecule has 6 rings (SSSR count). The van der Waals surface area contributed by atoms with Gasteiger partial charge in [-0.25, -0.2) is 30.4 Å². The predicted octanol–water partition coefficient (Wildman–Crippen LogP) is 3.48. The summed E-state index contributed by atoms with van der Waals surface area (Å²) in [5, 5.41) is 18.3. The number of hydrogen-bond acceptors (Lipinski definition) is 11. The molecule has 4 aromatic heterocycles. The van der Waals surface area contributed by atoms with Gasteiger partial charge in [-0.1, -0.05) is 37.3 Å². The third kappa shape index (κ3) is 5.21. The number of imidazole rings is 1. The molecule has 0 radical (unpaired) electrons. The summed E-state index contributed by atoms with van der Waals surface area (Å²) in [7, 11) is 0. The number of carbonyl (C=O) groups is 1. The number of rotatable bonds is 10. The summed E-state index contributed by atoms with van der Waals surface area (Å²) in [4.78, 5) is 51.1. The molecule has 0 saturated carbocycles. The largest absolute Gasteiger partial charge is 0.358 e. The Labute approximate surface area is 242 Å². The molecular formula is C28H26N10O3S. The number of fused-ring (bicyclic) bond motifs is 2. The van der Waals surface area contributed by atoms with E-state index in [-0.39, 0.29) is 17.3 Å². The summed E-state index contributed by atoms with van der Waals surface area (Å²) in [6.07, 6.45) is 3.64. The Morgan fingerprint density at radius 3 is 2.74 bits per heavy atom. The number of aromatic nitrogens is 7. The third-order valence-corrected chi connectivity index (χ3v) is 7.60. The first-order chi connectivity index (χ1) is 20.6. The van der Waals surface area contributed by atoms with Crippen molar-refractivity contribution in [2.24, 2.45) is 0 Å². The first kappa shape index (κ1) is 27.1. The highest BCUT2D eigenvalue weighted by atomic mass is 32.1. The molecule has 14 heteroatoms. The predicted molar refractivity (Wildman–Crippen MR) is 158 cm³/mol. The van der Waals surface area contributed by atoms with Crippen molar-refractivity contribution in [3.05, 3.63) is 99.0 Å². The summed E-state index contributed by atoms with van der Waals surface area (Å²) in [5.41, 5.74) is 4.79. The molecule has 0 unspecified atom stereocenters. The lowest BCUT2D eigenvalue weighted by molar-refractivity contribution is 0.0701. The Hall–Kier alpha value is -5.05. The quantitative estimate of drug-likeness (QED) is 0.119. The molecule has 0 saturated heterocycles. The molecule has 5 N–H and O–H groups in total. The molecule has 4 heterocycles. The van der Waals surface area contributed by atoms with E-state index in [9.17, 15) is 9.59 Å². The monoisotopic (exact) mass is 582 g/mol. The van der Waals surface area contributed by atoms with Crippen LogP contribution in [0.2, 0.25) is 0 Å². The summed E-state index contributed by atoms with van der Waals surface area (Å²) in [5.74, 6) is 0.427. The number of hydrogen-bond donors (Lipinski definition) is 5. The van der Waals surface area contributed by atoms with Crippen LogP contribution in [0.1, 0.15) is 46.3 Å². The molecular weight excluding hydrogens is 556 g/mol. The molecule has 42 heavy (non-hydrogen) atoms. The standard InChI is InChI=1S/C28H26N10O3S/c1-2-18(35-25-23-24(31-14-30-23)32-15-33-25)26-36-19-10-6-7-16(11-29-12-21-34-20(13-42-21)27(39)37-41)22(19)28(40)38(26)17-8-4-3-5-9-17/h3-10,13-15,18,29,41H,2,11-12H2,1H3,(H,37,39)(H2,30,31,32,33,35)/t18-/m0/s1. The van der Waals surface area contributed by atoms with Gasteiger partial charge in [-0.15, -0.1) is 11.3 Å². The number of carbonyl (C=O) groups excluding carboxylic acids is 1. The molecule has 0 spiro atoms. The number of benzene rings is 2. The first-order valence-corrected chi connectivity index (χ1v) is 14.1. The van der Waals surface area contributed by atoms with Crippen molar-refractivity contribution in [2.75, 3.05) is 5.32 Å². The molecule has 0 aliphatic carbocycles. The highest BCUT2D eigenvalue weighted by molar-refractivity contribution is 7.09. The first-order valence-electron chi connectivity index (χ1n) is 13.2. The van der Waals surface area contributed by atoms with Crippen molar-refractivity contribution in [1.82, 2.24) is 45.3 Å². The normalized spacial score (nSPS) is 12.0. The van der Waals surface area contributed by atoms with E-state index in [1.54, 1.807) is 21.8 Å². The van der Waals surface area contributed by atoms with E-state index in [0.29, 0.717) is 63.9 Å². The van der Waals surface area contributed by atoms with Crippen molar-refractivity contribution < 1.29 is 10.0 Å². The Morgan fingerprint density at radius 2 is 1.93 bits per heavy atom. The lowest BCUT2D eigenvalue weighted by Gasteiger charge is -2.22. The number of aromatic amines is 1. The van der Waals surface area contributed by atoms with Crippen LogP contribution >= 0.6 is 11.3 Å². The number of nitrogens with one attached hydrogen (secondary N) is 4. The Balaban J connectivity index is 1.38. The Bertz CT molecular complexity index is 1940. The SMILES string of the molecule is CC[C@H](Nc1ncnc2[nH]cnc12)c1nc2cccc(CNCc3nc(C(=O)NO)cs3)c2c(=O)n1-c1ccccc1. The molecule has 6 aromatic rings. The van der Waals surface area contributed by atoms with Gasteiger partial charge in [0, 0.05) is 18.5 Å². The van der Waals surface area contributed by atoms with E-state index < -0.39 is 5.91 Å². The Kier molecular flexibility index (Phi) is 7.64. The molecule has 0 fully saturated rings. The minimum Gasteiger partial charge on any atom is -0.358 e. The summed E-state index contributed by atoms with van der Waals surface area (Å²) in [6, 6.07) is 14.7. The van der Waals surface area contributed by atoms with Gasteiger partial charge in [0.1, 0.15) is 28.4 Å². The van der Waals surface area contributed by atoms with Gasteiger partial charge in [-0.05, 0) is 30.2 Å². The second-order valence-corrected chi connectivity index (χ2v) is 10.3. The Morgan fingerprint density at radius 1 is 1.07 bits per heavy atom. The zero-order valence-corrected chi connectivity index (χ0v) is 23.2. The maximum absolute atomic E-state index is 14.3. The second kappa shape index (κ2) is 11.8. The van der Waals surface area contributed by atoms with Gasteiger partial charge < -0.3 is 15.6 Å². The zero-order chi connectivity index (χ0) is 29.1. The molecule has 0 bridgehead atoms. The molecule has 0 aliphatic heterocycles. The average molecular weight is 583 g/mol. The summed E-state index contributed by atoms with van der Waals surface area (Å²) in [6.45, 7) is 2.76. The van der Waals surface area contributed by atoms with Crippen molar-refractivity contribution in [3.8, 4) is 5.69 Å². The fourth-order valence-electron chi connectivity index (χ4n) is 4.77. The summed E-state index contributed by atoms with van der Waals surface area (Å²) < 4.78 is 1.65. The fraction of sp³-hybridized carbons (Fsp3) is 0.179. The van der Waals surface area contributed by atoms with Crippen molar-refractivity contribution in [1.29, 1.82) is 0 Å². The van der Waals surface area contributed by atoms with Gasteiger partial charge in [0.15, 0.2) is 11.5 Å². The molecule has 0 aliphatic rings. The van der Waals surface area contributed by atoms with E-state index in [0.717, 1.165) is 5.56 Å². The van der Waals surface area contributed by atoms with Gasteiger partial charge >= 0.3 is 0 Å². The van der Waals surface area contributed by atoms with Gasteiger partial charge in [0.2, 0.25) is 0 Å². The van der Waals surface area contributed by atoms with Gasteiger partial charge in [-0.3, -0.25) is 19.4 Å². The molecule has 1 atom stereocenters. The highest BCUT2D eigenvalue weighted by Gasteiger charge is 2.23. The van der Waals surface area contributed by atoms with Crippen LogP contribution in [0.3, 0.4) is 0 Å². The number of anilines is 1. The number of nitrogens with zero attached hydrogens (tertiary/aromatic N) is 6. The van der Waals surface area contributed by atoms with Crippen LogP contribution < -0.4 is 21.7 Å². The van der Waals surface area contributed by atoms with Crippen LogP contribution in [0.25, 0.3) is 27.8 Å². The topological polar surface area (TPSA) is 176 Å². The van der Waals surface area contributed by atoms with Crippen molar-refractivity contribution in [3.63, 3.8) is 0 Å². The number of hydroxylamine groups is 1. The second-order valence-electron chi connectivity index (χ2n) is 9.36. The lowest BCUT2D eigenvalue weighted by atomic mass is 10.1. The minimum atomic E-state index is -0.664. The maximum atomic E-state index is 14.3. The third-order valence-electron chi connectivity index (χ3n) is 6.75. The van der Waals surface area contributed by atoms with Crippen LogP contribution in [-0.2, 0) is 13.1 Å². The van der Waals surface area contributed by atoms with Gasteiger partial charge in [0.25, 0.3) is 11.5 Å². The van der Waals surface area contributed by atoms with E-state index in [4.69, 9.17) is 10.2 Å². The molecule has 212 valence electrons. The van der Waals surface area contributed by atoms with Crippen LogP contribution in [0.15, 0.2) is 71.4 Å². The van der Waals surface area contributed by atoms with Gasteiger partial charge in [-0.2, -0.15) is 0 Å².